The van der Waals surface area contributed by atoms with Crippen molar-refractivity contribution >= 4 is 12.4 Å². The molecule has 0 saturated carbocycles. The molecule has 0 saturated heterocycles. The van der Waals surface area contributed by atoms with Crippen molar-refractivity contribution in [1.82, 2.24) is 4.90 Å². The average Bonchev–Trinajstić information content (AvgIpc) is 2.05. The Labute approximate surface area is 72.2 Å². The first kappa shape index (κ1) is 10.9. The van der Waals surface area contributed by atoms with Gasteiger partial charge in [-0.2, -0.15) is 0 Å². The van der Waals surface area contributed by atoms with E-state index < -0.39 is 12.1 Å². The smallest absolute Gasteiger partial charge is 0.407 e. The van der Waals surface area contributed by atoms with Crippen LogP contribution >= 0.6 is 0 Å². The Morgan fingerprint density at radius 3 is 2.42 bits per heavy atom. The third-order valence-corrected chi connectivity index (χ3v) is 2.12. The minimum Gasteiger partial charge on any atom is -0.465 e. The number of hydrogen-bond donors (Lipinski definition) is 1. The summed E-state index contributed by atoms with van der Waals surface area (Å²) in [5.41, 5.74) is 0. The molecule has 0 fully saturated rings. The van der Waals surface area contributed by atoms with E-state index in [0.717, 1.165) is 11.3 Å². The van der Waals surface area contributed by atoms with E-state index in [0.29, 0.717) is 6.29 Å². The van der Waals surface area contributed by atoms with Crippen molar-refractivity contribution < 1.29 is 14.7 Å². The van der Waals surface area contributed by atoms with Crippen LogP contribution in [0.3, 0.4) is 0 Å². The third-order valence-electron chi connectivity index (χ3n) is 2.12. The number of carbonyl (C=O) groups excluding carboxylic acids is 1. The highest BCUT2D eigenvalue weighted by Gasteiger charge is 2.23. The van der Waals surface area contributed by atoms with Crippen molar-refractivity contribution in [2.75, 3.05) is 7.05 Å². The summed E-state index contributed by atoms with van der Waals surface area (Å²) in [5, 5.41) is 8.59. The molecule has 2 atom stereocenters. The fraction of sp³-hybridized carbons (Fsp3) is 0.750. The fourth-order valence-corrected chi connectivity index (χ4v) is 0.976. The molecule has 0 aromatic heterocycles. The second kappa shape index (κ2) is 4.74. The van der Waals surface area contributed by atoms with E-state index in [4.69, 9.17) is 5.11 Å². The van der Waals surface area contributed by atoms with E-state index in [1.54, 1.807) is 0 Å². The minimum absolute atomic E-state index is 0.0728. The van der Waals surface area contributed by atoms with Crippen LogP contribution in [-0.4, -0.2) is 35.5 Å². The van der Waals surface area contributed by atoms with Gasteiger partial charge in [0.15, 0.2) is 0 Å². The molecule has 0 heterocycles. The molecule has 12 heavy (non-hydrogen) atoms. The normalized spacial score (nSPS) is 14.9. The van der Waals surface area contributed by atoms with E-state index >= 15 is 0 Å². The highest BCUT2D eigenvalue weighted by Crippen LogP contribution is 2.11. The standard InChI is InChI=1S/C8H15NO3/c1-4-6(2)7(5-10)9(3)8(11)12/h5-7H,4H2,1-3H3,(H,11,12). The number of rotatable bonds is 4. The lowest BCUT2D eigenvalue weighted by atomic mass is 10.00. The monoisotopic (exact) mass is 173 g/mol. The summed E-state index contributed by atoms with van der Waals surface area (Å²) in [6.07, 6.45) is 0.413. The Hall–Kier alpha value is -1.06. The van der Waals surface area contributed by atoms with Crippen LogP contribution in [-0.2, 0) is 4.79 Å². The van der Waals surface area contributed by atoms with Gasteiger partial charge in [0, 0.05) is 7.05 Å². The maximum atomic E-state index is 10.5. The number of hydrogen-bond acceptors (Lipinski definition) is 2. The Morgan fingerprint density at radius 1 is 1.67 bits per heavy atom. The first-order chi connectivity index (χ1) is 5.54. The quantitative estimate of drug-likeness (QED) is 0.650. The molecule has 0 rings (SSSR count). The molecule has 1 amide bonds. The zero-order chi connectivity index (χ0) is 9.72. The van der Waals surface area contributed by atoms with Crippen molar-refractivity contribution in [3.63, 3.8) is 0 Å². The van der Waals surface area contributed by atoms with Crippen LogP contribution in [0.25, 0.3) is 0 Å². The largest absolute Gasteiger partial charge is 0.465 e. The Balaban J connectivity index is 4.33. The highest BCUT2D eigenvalue weighted by atomic mass is 16.4. The van der Waals surface area contributed by atoms with Gasteiger partial charge < -0.3 is 14.8 Å². The lowest BCUT2D eigenvalue weighted by molar-refractivity contribution is -0.113. The summed E-state index contributed by atoms with van der Waals surface area (Å²) in [5.74, 6) is 0.0728. The topological polar surface area (TPSA) is 57.6 Å². The zero-order valence-corrected chi connectivity index (χ0v) is 7.65. The molecule has 2 unspecified atom stereocenters. The zero-order valence-electron chi connectivity index (χ0n) is 7.65. The van der Waals surface area contributed by atoms with Gasteiger partial charge in [0.2, 0.25) is 0 Å². The number of carboxylic acid groups (broad SMARTS) is 1. The Kier molecular flexibility index (Phi) is 4.33. The molecule has 0 aromatic carbocycles. The van der Waals surface area contributed by atoms with Gasteiger partial charge in [-0.15, -0.1) is 0 Å². The molecule has 4 heteroatoms. The summed E-state index contributed by atoms with van der Waals surface area (Å²) in [6.45, 7) is 3.79. The molecule has 0 aliphatic heterocycles. The van der Waals surface area contributed by atoms with Crippen molar-refractivity contribution in [2.45, 2.75) is 26.3 Å². The fourth-order valence-electron chi connectivity index (χ4n) is 0.976. The summed E-state index contributed by atoms with van der Waals surface area (Å²) in [4.78, 5) is 22.1. The van der Waals surface area contributed by atoms with Crippen LogP contribution in [0, 0.1) is 5.92 Å². The lowest BCUT2D eigenvalue weighted by Crippen LogP contribution is -2.41. The SMILES string of the molecule is CCC(C)C(C=O)N(C)C(=O)O. The molecule has 1 N–H and O–H groups in total. The van der Waals surface area contributed by atoms with Crippen molar-refractivity contribution in [3.05, 3.63) is 0 Å². The first-order valence-electron chi connectivity index (χ1n) is 3.95. The Morgan fingerprint density at radius 2 is 2.17 bits per heavy atom. The van der Waals surface area contributed by atoms with Gasteiger partial charge >= 0.3 is 6.09 Å². The van der Waals surface area contributed by atoms with E-state index in [-0.39, 0.29) is 5.92 Å². The van der Waals surface area contributed by atoms with Gasteiger partial charge in [-0.1, -0.05) is 20.3 Å². The molecule has 4 nitrogen and oxygen atoms in total. The first-order valence-corrected chi connectivity index (χ1v) is 3.95. The van der Waals surface area contributed by atoms with Gasteiger partial charge in [0.1, 0.15) is 6.29 Å². The number of carbonyl (C=O) groups is 2. The predicted molar refractivity (Wildman–Crippen MR) is 45.1 cm³/mol. The summed E-state index contributed by atoms with van der Waals surface area (Å²) in [6, 6.07) is -0.521. The number of aldehydes is 1. The molecular formula is C8H15NO3. The van der Waals surface area contributed by atoms with Crippen LogP contribution in [0.5, 0.6) is 0 Å². The summed E-state index contributed by atoms with van der Waals surface area (Å²) >= 11 is 0. The number of nitrogens with zero attached hydrogens (tertiary/aromatic N) is 1. The van der Waals surface area contributed by atoms with E-state index in [1.807, 2.05) is 13.8 Å². The van der Waals surface area contributed by atoms with Crippen LogP contribution in [0.4, 0.5) is 4.79 Å². The van der Waals surface area contributed by atoms with E-state index in [9.17, 15) is 9.59 Å². The Bertz CT molecular complexity index is 170. The van der Waals surface area contributed by atoms with Crippen LogP contribution in [0.2, 0.25) is 0 Å². The van der Waals surface area contributed by atoms with Gasteiger partial charge in [-0.05, 0) is 5.92 Å². The maximum Gasteiger partial charge on any atom is 0.407 e. The second-order valence-electron chi connectivity index (χ2n) is 2.91. The summed E-state index contributed by atoms with van der Waals surface area (Å²) < 4.78 is 0. The lowest BCUT2D eigenvalue weighted by Gasteiger charge is -2.25. The third kappa shape index (κ3) is 2.53. The molecular weight excluding hydrogens is 158 g/mol. The molecule has 0 radical (unpaired) electrons. The molecule has 0 aliphatic carbocycles. The van der Waals surface area contributed by atoms with Crippen LogP contribution in [0.15, 0.2) is 0 Å². The average molecular weight is 173 g/mol. The maximum absolute atomic E-state index is 10.5. The van der Waals surface area contributed by atoms with Gasteiger partial charge in [-0.3, -0.25) is 0 Å². The molecule has 0 aliphatic rings. The highest BCUT2D eigenvalue weighted by molar-refractivity contribution is 5.71. The molecule has 0 bridgehead atoms. The van der Waals surface area contributed by atoms with E-state index in [2.05, 4.69) is 0 Å². The van der Waals surface area contributed by atoms with Crippen molar-refractivity contribution in [1.29, 1.82) is 0 Å². The second-order valence-corrected chi connectivity index (χ2v) is 2.91. The number of amides is 1. The van der Waals surface area contributed by atoms with Gasteiger partial charge in [0.05, 0.1) is 6.04 Å². The van der Waals surface area contributed by atoms with Gasteiger partial charge in [-0.25, -0.2) is 4.79 Å². The molecule has 70 valence electrons. The molecule has 0 spiro atoms. The number of likely N-dealkylation sites (N-methyl/N-ethyl adjacent to an activating group) is 1. The van der Waals surface area contributed by atoms with Crippen LogP contribution < -0.4 is 0 Å². The van der Waals surface area contributed by atoms with Gasteiger partial charge in [0.25, 0.3) is 0 Å². The minimum atomic E-state index is -1.06. The van der Waals surface area contributed by atoms with Crippen molar-refractivity contribution in [2.24, 2.45) is 5.92 Å². The summed E-state index contributed by atoms with van der Waals surface area (Å²) in [7, 11) is 1.41. The predicted octanol–water partition coefficient (Wildman–Crippen LogP) is 1.21. The van der Waals surface area contributed by atoms with E-state index in [1.165, 1.54) is 7.05 Å². The van der Waals surface area contributed by atoms with Crippen LogP contribution in [0.1, 0.15) is 20.3 Å². The van der Waals surface area contributed by atoms with Crippen molar-refractivity contribution in [3.8, 4) is 0 Å². The molecule has 0 aromatic rings.